The van der Waals surface area contributed by atoms with Crippen molar-refractivity contribution in [1.29, 1.82) is 0 Å². The van der Waals surface area contributed by atoms with Crippen LogP contribution in [-0.2, 0) is 4.79 Å². The van der Waals surface area contributed by atoms with Gasteiger partial charge in [0.25, 0.3) is 0 Å². The number of carbonyl (C=O) groups excluding carboxylic acids is 1. The lowest BCUT2D eigenvalue weighted by Crippen LogP contribution is -2.10. The van der Waals surface area contributed by atoms with Crippen LogP contribution < -0.4 is 5.73 Å². The van der Waals surface area contributed by atoms with Gasteiger partial charge in [0.1, 0.15) is 0 Å². The second-order valence-electron chi connectivity index (χ2n) is 3.02. The summed E-state index contributed by atoms with van der Waals surface area (Å²) in [4.78, 5) is 11.4. The molecule has 0 bridgehead atoms. The van der Waals surface area contributed by atoms with Crippen LogP contribution in [0.2, 0.25) is 0 Å². The Bertz CT molecular complexity index is 314. The summed E-state index contributed by atoms with van der Waals surface area (Å²) in [6.07, 6.45) is 1.07. The van der Waals surface area contributed by atoms with E-state index in [9.17, 15) is 9.90 Å². The molecule has 0 fully saturated rings. The summed E-state index contributed by atoms with van der Waals surface area (Å²) < 4.78 is 1.00. The number of aliphatic hydroxyl groups is 1. The van der Waals surface area contributed by atoms with Crippen molar-refractivity contribution in [3.05, 3.63) is 20.8 Å². The van der Waals surface area contributed by atoms with E-state index in [4.69, 9.17) is 5.73 Å². The van der Waals surface area contributed by atoms with Gasteiger partial charge in [0.2, 0.25) is 5.91 Å². The Morgan fingerprint density at radius 2 is 2.36 bits per heavy atom. The first-order valence-electron chi connectivity index (χ1n) is 4.31. The Balaban J connectivity index is 2.35. The van der Waals surface area contributed by atoms with E-state index < -0.39 is 6.10 Å². The predicted octanol–water partition coefficient (Wildman–Crippen LogP) is 2.20. The summed E-state index contributed by atoms with van der Waals surface area (Å²) in [6, 6.07) is 3.78. The third kappa shape index (κ3) is 3.77. The quantitative estimate of drug-likeness (QED) is 0.867. The van der Waals surface area contributed by atoms with E-state index in [-0.39, 0.29) is 5.91 Å². The summed E-state index contributed by atoms with van der Waals surface area (Å²) in [6.45, 7) is 0. The number of nitrogens with two attached hydrogens (primary N) is 1. The van der Waals surface area contributed by atoms with Crippen molar-refractivity contribution in [3.63, 3.8) is 0 Å². The van der Waals surface area contributed by atoms with E-state index in [1.807, 2.05) is 12.1 Å². The van der Waals surface area contributed by atoms with E-state index in [2.05, 4.69) is 15.9 Å². The van der Waals surface area contributed by atoms with Crippen molar-refractivity contribution < 1.29 is 9.90 Å². The highest BCUT2D eigenvalue weighted by Gasteiger charge is 2.09. The van der Waals surface area contributed by atoms with Gasteiger partial charge >= 0.3 is 0 Å². The van der Waals surface area contributed by atoms with Crippen molar-refractivity contribution in [3.8, 4) is 0 Å². The third-order valence-electron chi connectivity index (χ3n) is 1.82. The number of hydrogen-bond acceptors (Lipinski definition) is 3. The minimum atomic E-state index is -0.481. The monoisotopic (exact) mass is 277 g/mol. The van der Waals surface area contributed by atoms with Gasteiger partial charge in [-0.05, 0) is 40.9 Å². The maximum atomic E-state index is 10.5. The zero-order valence-electron chi connectivity index (χ0n) is 7.57. The van der Waals surface area contributed by atoms with E-state index in [1.54, 1.807) is 0 Å². The van der Waals surface area contributed by atoms with Gasteiger partial charge in [0.05, 0.1) is 9.89 Å². The zero-order valence-corrected chi connectivity index (χ0v) is 9.97. The number of primary amides is 1. The van der Waals surface area contributed by atoms with Crippen molar-refractivity contribution in [2.75, 3.05) is 0 Å². The number of carbonyl (C=O) groups is 1. The van der Waals surface area contributed by atoms with Gasteiger partial charge in [0, 0.05) is 11.3 Å². The van der Waals surface area contributed by atoms with E-state index in [0.29, 0.717) is 19.3 Å². The first-order chi connectivity index (χ1) is 6.59. The molecule has 1 heterocycles. The molecule has 1 rings (SSSR count). The molecule has 3 N–H and O–H groups in total. The molecular weight excluding hydrogens is 266 g/mol. The summed E-state index contributed by atoms with van der Waals surface area (Å²) in [7, 11) is 0. The fraction of sp³-hybridized carbons (Fsp3) is 0.444. The maximum Gasteiger partial charge on any atom is 0.217 e. The van der Waals surface area contributed by atoms with Gasteiger partial charge in [-0.1, -0.05) is 0 Å². The van der Waals surface area contributed by atoms with Gasteiger partial charge in [0.15, 0.2) is 0 Å². The molecule has 1 amide bonds. The summed E-state index contributed by atoms with van der Waals surface area (Å²) in [5.41, 5.74) is 5.00. The number of hydrogen-bond donors (Lipinski definition) is 2. The average molecular weight is 278 g/mol. The second-order valence-corrected chi connectivity index (χ2v) is 5.51. The largest absolute Gasteiger partial charge is 0.388 e. The standard InChI is InChI=1S/C9H12BrNO2S/c10-8-5-4-7(14-8)6(12)2-1-3-9(11)13/h4-6,12H,1-3H2,(H2,11,13). The minimum Gasteiger partial charge on any atom is -0.388 e. The van der Waals surface area contributed by atoms with Gasteiger partial charge in [-0.25, -0.2) is 0 Å². The Labute approximate surface area is 95.1 Å². The van der Waals surface area contributed by atoms with Crippen LogP contribution in [0.1, 0.15) is 30.2 Å². The highest BCUT2D eigenvalue weighted by molar-refractivity contribution is 9.11. The normalized spacial score (nSPS) is 12.7. The van der Waals surface area contributed by atoms with E-state index in [1.165, 1.54) is 11.3 Å². The summed E-state index contributed by atoms with van der Waals surface area (Å²) >= 11 is 4.83. The van der Waals surface area contributed by atoms with Crippen molar-refractivity contribution in [2.24, 2.45) is 5.73 Å². The topological polar surface area (TPSA) is 63.3 Å². The minimum absolute atomic E-state index is 0.315. The van der Waals surface area contributed by atoms with Crippen molar-refractivity contribution in [1.82, 2.24) is 0 Å². The lowest BCUT2D eigenvalue weighted by atomic mass is 10.1. The number of halogens is 1. The molecule has 1 unspecified atom stereocenters. The molecule has 0 spiro atoms. The zero-order chi connectivity index (χ0) is 10.6. The molecule has 0 aliphatic heterocycles. The van der Waals surface area contributed by atoms with Gasteiger partial charge in [-0.15, -0.1) is 11.3 Å². The van der Waals surface area contributed by atoms with E-state index >= 15 is 0 Å². The molecule has 0 saturated carbocycles. The number of rotatable bonds is 5. The molecule has 1 aromatic rings. The molecule has 0 saturated heterocycles. The van der Waals surface area contributed by atoms with Crippen LogP contribution in [0.15, 0.2) is 15.9 Å². The van der Waals surface area contributed by atoms with Crippen LogP contribution in [-0.4, -0.2) is 11.0 Å². The molecule has 3 nitrogen and oxygen atoms in total. The molecule has 0 aliphatic rings. The van der Waals surface area contributed by atoms with Crippen LogP contribution in [0, 0.1) is 0 Å². The average Bonchev–Trinajstić information content (AvgIpc) is 2.51. The van der Waals surface area contributed by atoms with Crippen molar-refractivity contribution >= 4 is 33.2 Å². The molecule has 0 radical (unpaired) electrons. The molecule has 14 heavy (non-hydrogen) atoms. The van der Waals surface area contributed by atoms with Crippen LogP contribution >= 0.6 is 27.3 Å². The summed E-state index contributed by atoms with van der Waals surface area (Å²) in [5, 5.41) is 9.68. The fourth-order valence-electron chi connectivity index (χ4n) is 1.12. The predicted molar refractivity (Wildman–Crippen MR) is 60.0 cm³/mol. The molecule has 1 atom stereocenters. The molecular formula is C9H12BrNO2S. The molecule has 0 aliphatic carbocycles. The Kier molecular flexibility index (Phi) is 4.57. The highest BCUT2D eigenvalue weighted by Crippen LogP contribution is 2.29. The SMILES string of the molecule is NC(=O)CCCC(O)c1ccc(Br)s1. The lowest BCUT2D eigenvalue weighted by molar-refractivity contribution is -0.118. The van der Waals surface area contributed by atoms with E-state index in [0.717, 1.165) is 8.66 Å². The first kappa shape index (κ1) is 11.7. The molecule has 1 aromatic heterocycles. The lowest BCUT2D eigenvalue weighted by Gasteiger charge is -2.06. The van der Waals surface area contributed by atoms with Crippen LogP contribution in [0.3, 0.4) is 0 Å². The third-order valence-corrected chi connectivity index (χ3v) is 3.55. The number of aliphatic hydroxyl groups excluding tert-OH is 1. The Hall–Kier alpha value is -0.390. The highest BCUT2D eigenvalue weighted by atomic mass is 79.9. The Morgan fingerprint density at radius 1 is 1.64 bits per heavy atom. The van der Waals surface area contributed by atoms with Crippen LogP contribution in [0.25, 0.3) is 0 Å². The number of thiophene rings is 1. The molecule has 5 heteroatoms. The second kappa shape index (κ2) is 5.48. The van der Waals surface area contributed by atoms with Gasteiger partial charge in [-0.2, -0.15) is 0 Å². The van der Waals surface area contributed by atoms with Crippen molar-refractivity contribution in [2.45, 2.75) is 25.4 Å². The van der Waals surface area contributed by atoms with Crippen LogP contribution in [0.5, 0.6) is 0 Å². The number of amides is 1. The smallest absolute Gasteiger partial charge is 0.217 e. The maximum absolute atomic E-state index is 10.5. The first-order valence-corrected chi connectivity index (χ1v) is 5.92. The fourth-order valence-corrected chi connectivity index (χ4v) is 2.56. The molecule has 0 aromatic carbocycles. The summed E-state index contributed by atoms with van der Waals surface area (Å²) in [5.74, 6) is -0.315. The van der Waals surface area contributed by atoms with Crippen LogP contribution in [0.4, 0.5) is 0 Å². The van der Waals surface area contributed by atoms with Gasteiger partial charge < -0.3 is 10.8 Å². The Morgan fingerprint density at radius 3 is 2.86 bits per heavy atom. The van der Waals surface area contributed by atoms with Gasteiger partial charge in [-0.3, -0.25) is 4.79 Å². The molecule has 78 valence electrons.